The van der Waals surface area contributed by atoms with Crippen molar-refractivity contribution >= 4 is 155 Å². The molecular weight excluding hydrogens is 1520 g/mol. The van der Waals surface area contributed by atoms with E-state index in [1.807, 2.05) is 0 Å². The molecule has 4 fully saturated rings. The normalized spacial score (nSPS) is 28.6. The van der Waals surface area contributed by atoms with E-state index in [0.29, 0.717) is 5.69 Å². The predicted molar refractivity (Wildman–Crippen MR) is 393 cm³/mol. The second-order valence-electron chi connectivity index (χ2n) is 26.3. The first kappa shape index (κ1) is 90.0. The minimum Gasteiger partial charge on any atom is -0.481 e. The van der Waals surface area contributed by atoms with Gasteiger partial charge in [0.15, 0.2) is 0 Å². The van der Waals surface area contributed by atoms with Crippen LogP contribution in [0.3, 0.4) is 0 Å². The van der Waals surface area contributed by atoms with E-state index in [9.17, 15) is 96.2 Å². The Morgan fingerprint density at radius 3 is 1.49 bits per heavy atom. The Balaban J connectivity index is 1.65. The van der Waals surface area contributed by atoms with E-state index in [4.69, 9.17) is 34.4 Å². The Labute approximate surface area is 640 Å². The Morgan fingerprint density at radius 1 is 0.523 bits per heavy atom. The lowest BCUT2D eigenvalue weighted by atomic mass is 9.97. The third kappa shape index (κ3) is 27.2. The SMILES string of the molecule is CC[C@H](C)[C@@H]1NC(=O)[C@H](CC(=O)O)NC(=O)[C@@H]2CCCN2C(=O)[C@H](CC(N)=O)NC(=O)[C@H](CC(N)=O)NC(=O)[C@H](C(C)C)NC(=O)C(CN)NC(=O)[C@@H]2CSSC[C@H](NC(=O)CN)C(=O)N[C@@H](CSSC[C@@H](C(N)=O)NC1=O)C(=O)NC(CN)C(=O)N[C@@H](Cc1cnc[nH]1)C(=O)N1CCC[C@H]1C(=O)N[C@@H](C)C(=O)N2. The number of carboxylic acids is 1. The molecule has 2 bridgehead atoms. The van der Waals surface area contributed by atoms with Gasteiger partial charge in [-0.05, 0) is 44.4 Å². The fourth-order valence-corrected chi connectivity index (χ4v) is 16.2. The van der Waals surface area contributed by atoms with Gasteiger partial charge in [-0.2, -0.15) is 0 Å². The van der Waals surface area contributed by atoms with Crippen LogP contribution in [0.4, 0.5) is 0 Å². The lowest BCUT2D eigenvalue weighted by Gasteiger charge is -2.31. The second kappa shape index (κ2) is 43.6. The lowest BCUT2D eigenvalue weighted by molar-refractivity contribution is -0.145. The zero-order valence-electron chi connectivity index (χ0n) is 60.3. The van der Waals surface area contributed by atoms with Crippen molar-refractivity contribution in [3.05, 3.63) is 18.2 Å². The Bertz CT molecular complexity index is 3530. The van der Waals surface area contributed by atoms with E-state index in [1.54, 1.807) is 6.92 Å². The number of amides is 18. The quantitative estimate of drug-likeness (QED) is 0.0684. The van der Waals surface area contributed by atoms with Crippen LogP contribution < -0.4 is 104 Å². The molecule has 0 radical (unpaired) electrons. The van der Waals surface area contributed by atoms with Gasteiger partial charge < -0.3 is 123 Å². The van der Waals surface area contributed by atoms with Gasteiger partial charge in [0, 0.05) is 67.5 Å². The molecule has 1 aromatic rings. The molecule has 47 heteroatoms. The third-order valence-corrected chi connectivity index (χ3v) is 22.6. The average Bonchev–Trinajstić information content (AvgIpc) is 1.72. The summed E-state index contributed by atoms with van der Waals surface area (Å²) in [6.45, 7) is 5.01. The van der Waals surface area contributed by atoms with Crippen LogP contribution in [0.1, 0.15) is 91.7 Å². The molecule has 5 rings (SSSR count). The van der Waals surface area contributed by atoms with E-state index < -0.39 is 277 Å². The minimum absolute atomic E-state index is 0.0271. The van der Waals surface area contributed by atoms with Crippen molar-refractivity contribution in [1.29, 1.82) is 0 Å². The maximum atomic E-state index is 14.7. The first-order chi connectivity index (χ1) is 51.5. The number of primary amides is 3. The van der Waals surface area contributed by atoms with E-state index in [-0.39, 0.29) is 51.6 Å². The predicted octanol–water partition coefficient (Wildman–Crippen LogP) is -10.7. The zero-order chi connectivity index (χ0) is 81.1. The third-order valence-electron chi connectivity index (χ3n) is 17.7. The standard InChI is InChI=1S/C62H97N23O20S4/c1-6-27(4)47-60(103)79-36(48(68)91)21-106-108-24-39-56(99)77-34(17-63)52(95)75-32(13-29-20-69-25-70-29)61(104)84-11-7-9-40(84)57(100)71-28(5)49(92)80-38(23-109-107-22-37(54(97)81-39)72-44(88)19-65)55(98)78-35(18-64)53(96)82-46(26(2)3)59(102)74-30(14-42(66)86)50(93)76-33(15-43(67)87)62(105)85-12-8-10-41(85)58(101)73-31(16-45(89)90)51(94)83-47/h20,25-28,30-41,46-47H,6-19,21-24,63-65H2,1-5H3,(H2,66,86)(H2,67,87)(H2,68,91)(H,69,70)(H,71,100)(H,72,88)(H,73,101)(H,74,102)(H,75,95)(H,76,93)(H,77,99)(H,78,98)(H,79,103)(H,80,92)(H,81,97)(H,82,96)(H,83,94)(H,89,90)/t27-,28-,30-,31-,32-,33-,34?,35?,36-,37-,38-,39-,40-,41-,46-,47-/m0/s1. The van der Waals surface area contributed by atoms with Crippen LogP contribution in [0.15, 0.2) is 12.5 Å². The molecule has 18 amide bonds. The topological polar surface area (TPSA) is 692 Å². The first-order valence-corrected chi connectivity index (χ1v) is 39.7. The number of imidazole rings is 1. The van der Waals surface area contributed by atoms with Gasteiger partial charge in [0.2, 0.25) is 106 Å². The number of nitrogens with two attached hydrogens (primary N) is 6. The van der Waals surface area contributed by atoms with Crippen molar-refractivity contribution in [2.75, 3.05) is 55.7 Å². The first-order valence-electron chi connectivity index (χ1n) is 34.7. The number of carboxylic acid groups (broad SMARTS) is 1. The molecule has 43 nitrogen and oxygen atoms in total. The molecule has 4 aliphatic rings. The molecule has 27 N–H and O–H groups in total. The van der Waals surface area contributed by atoms with Crippen LogP contribution >= 0.6 is 43.2 Å². The van der Waals surface area contributed by atoms with Crippen molar-refractivity contribution in [2.24, 2.45) is 46.2 Å². The van der Waals surface area contributed by atoms with Crippen LogP contribution in [-0.4, -0.2) is 284 Å². The van der Waals surface area contributed by atoms with E-state index in [2.05, 4.69) is 79.1 Å². The molecule has 604 valence electrons. The number of carbonyl (C=O) groups excluding carboxylic acids is 18. The molecule has 4 aliphatic heterocycles. The second-order valence-corrected chi connectivity index (χ2v) is 31.4. The summed E-state index contributed by atoms with van der Waals surface area (Å²) in [7, 11) is 3.24. The fraction of sp³-hybridized carbons (Fsp3) is 0.645. The number of aliphatic carboxylic acids is 1. The molecule has 0 saturated carbocycles. The molecule has 0 aliphatic carbocycles. The summed E-state index contributed by atoms with van der Waals surface area (Å²) in [5.41, 5.74) is 35.1. The summed E-state index contributed by atoms with van der Waals surface area (Å²) in [5.74, 6) is -24.5. The number of aromatic nitrogens is 2. The summed E-state index contributed by atoms with van der Waals surface area (Å²) >= 11 is 0. The van der Waals surface area contributed by atoms with Crippen molar-refractivity contribution in [1.82, 2.24) is 88.9 Å². The largest absolute Gasteiger partial charge is 0.481 e. The van der Waals surface area contributed by atoms with Gasteiger partial charge in [0.25, 0.3) is 0 Å². The summed E-state index contributed by atoms with van der Waals surface area (Å²) in [4.78, 5) is 274. The van der Waals surface area contributed by atoms with Gasteiger partial charge in [-0.25, -0.2) is 4.98 Å². The maximum Gasteiger partial charge on any atom is 0.305 e. The fourth-order valence-electron chi connectivity index (χ4n) is 11.5. The monoisotopic (exact) mass is 1610 g/mol. The van der Waals surface area contributed by atoms with Gasteiger partial charge in [0.1, 0.15) is 90.6 Å². The van der Waals surface area contributed by atoms with Crippen molar-refractivity contribution in [2.45, 2.75) is 183 Å². The number of aromatic amines is 1. The van der Waals surface area contributed by atoms with Crippen LogP contribution in [0.5, 0.6) is 0 Å². The molecule has 0 aromatic carbocycles. The summed E-state index contributed by atoms with van der Waals surface area (Å²) in [6.07, 6.45) is -0.236. The highest BCUT2D eigenvalue weighted by Crippen LogP contribution is 2.27. The van der Waals surface area contributed by atoms with Crippen LogP contribution in [0.25, 0.3) is 0 Å². The van der Waals surface area contributed by atoms with Crippen LogP contribution in [-0.2, 0) is 97.5 Å². The highest BCUT2D eigenvalue weighted by molar-refractivity contribution is 8.77. The number of H-pyrrole nitrogens is 1. The number of carbonyl (C=O) groups is 19. The smallest absolute Gasteiger partial charge is 0.305 e. The van der Waals surface area contributed by atoms with Gasteiger partial charge in [-0.1, -0.05) is 77.3 Å². The maximum absolute atomic E-state index is 14.7. The number of rotatable bonds is 16. The van der Waals surface area contributed by atoms with Gasteiger partial charge in [0.05, 0.1) is 32.1 Å². The Morgan fingerprint density at radius 2 is 0.972 bits per heavy atom. The van der Waals surface area contributed by atoms with Gasteiger partial charge >= 0.3 is 5.97 Å². The molecule has 109 heavy (non-hydrogen) atoms. The van der Waals surface area contributed by atoms with E-state index >= 15 is 0 Å². The van der Waals surface area contributed by atoms with Crippen molar-refractivity contribution < 1.29 is 96.2 Å². The zero-order valence-corrected chi connectivity index (χ0v) is 63.6. The molecule has 16 atom stereocenters. The number of hydrogen-bond acceptors (Lipinski definition) is 27. The van der Waals surface area contributed by atoms with Crippen LogP contribution in [0, 0.1) is 11.8 Å². The van der Waals surface area contributed by atoms with Gasteiger partial charge in [-0.15, -0.1) is 0 Å². The molecular formula is C62H97N23O20S4. The Hall–Kier alpha value is -9.58. The average molecular weight is 1610 g/mol. The number of hydrogen-bond donors (Lipinski definition) is 21. The minimum atomic E-state index is -1.98. The highest BCUT2D eigenvalue weighted by Gasteiger charge is 2.44. The van der Waals surface area contributed by atoms with Crippen LogP contribution in [0.2, 0.25) is 0 Å². The number of fused-ring (bicyclic) bond motifs is 10. The molecule has 4 saturated heterocycles. The summed E-state index contributed by atoms with van der Waals surface area (Å²) in [5, 5.41) is 41.7. The van der Waals surface area contributed by atoms with E-state index in [1.165, 1.54) is 45.1 Å². The Kier molecular flexibility index (Phi) is 36.0. The number of nitrogens with one attached hydrogen (secondary N) is 14. The molecule has 0 spiro atoms. The van der Waals surface area contributed by atoms with Crippen molar-refractivity contribution in [3.8, 4) is 0 Å². The lowest BCUT2D eigenvalue weighted by Crippen LogP contribution is -2.62. The summed E-state index contributed by atoms with van der Waals surface area (Å²) in [6, 6.07) is -24.9. The summed E-state index contributed by atoms with van der Waals surface area (Å²) < 4.78 is 0. The molecule has 2 unspecified atom stereocenters. The number of nitrogens with zero attached hydrogens (tertiary/aromatic N) is 3. The van der Waals surface area contributed by atoms with Crippen molar-refractivity contribution in [3.63, 3.8) is 0 Å². The highest BCUT2D eigenvalue weighted by atomic mass is 33.1. The van der Waals surface area contributed by atoms with E-state index in [0.717, 1.165) is 48.1 Å². The molecule has 1 aromatic heterocycles. The molecule has 5 heterocycles. The van der Waals surface area contributed by atoms with Gasteiger partial charge in [-0.3, -0.25) is 91.1 Å².